The second-order valence-electron chi connectivity index (χ2n) is 6.54. The third-order valence-electron chi connectivity index (χ3n) is 4.48. The summed E-state index contributed by atoms with van der Waals surface area (Å²) in [4.78, 5) is 34.2. The molecule has 0 spiro atoms. The highest BCUT2D eigenvalue weighted by molar-refractivity contribution is 8.00. The zero-order valence-electron chi connectivity index (χ0n) is 16.1. The molecule has 4 aromatic rings. The molecule has 0 radical (unpaired) electrons. The van der Waals surface area contributed by atoms with Crippen LogP contribution in [0.3, 0.4) is 0 Å². The number of hydrogen-bond donors (Lipinski definition) is 1. The summed E-state index contributed by atoms with van der Waals surface area (Å²) in [5, 5.41) is 6.34. The molecule has 1 unspecified atom stereocenters. The first kappa shape index (κ1) is 20.6. The van der Waals surface area contributed by atoms with Crippen molar-refractivity contribution in [2.24, 2.45) is 7.05 Å². The summed E-state index contributed by atoms with van der Waals surface area (Å²) in [5.74, 6) is -0.220. The van der Waals surface area contributed by atoms with Gasteiger partial charge >= 0.3 is 0 Å². The molecule has 6 nitrogen and oxygen atoms in total. The van der Waals surface area contributed by atoms with Gasteiger partial charge in [-0.25, -0.2) is 9.97 Å². The summed E-state index contributed by atoms with van der Waals surface area (Å²) < 4.78 is 1.47. The number of para-hydroxylation sites is 1. The molecule has 0 saturated heterocycles. The van der Waals surface area contributed by atoms with Gasteiger partial charge in [-0.3, -0.25) is 14.2 Å². The number of nitrogens with zero attached hydrogens (tertiary/aromatic N) is 3. The number of aromatic nitrogens is 3. The summed E-state index contributed by atoms with van der Waals surface area (Å²) in [7, 11) is 1.66. The minimum absolute atomic E-state index is 0.139. The number of benzene rings is 2. The van der Waals surface area contributed by atoms with Gasteiger partial charge in [-0.15, -0.1) is 11.3 Å². The number of halogens is 1. The van der Waals surface area contributed by atoms with Gasteiger partial charge in [0.15, 0.2) is 10.3 Å². The number of hydrogen-bond acceptors (Lipinski definition) is 6. The van der Waals surface area contributed by atoms with Gasteiger partial charge in [-0.1, -0.05) is 53.7 Å². The van der Waals surface area contributed by atoms with Gasteiger partial charge in [0.25, 0.3) is 5.56 Å². The highest BCUT2D eigenvalue weighted by atomic mass is 35.5. The summed E-state index contributed by atoms with van der Waals surface area (Å²) in [6.45, 7) is 1.77. The Labute approximate surface area is 185 Å². The largest absolute Gasteiger partial charge is 0.301 e. The van der Waals surface area contributed by atoms with E-state index in [9.17, 15) is 9.59 Å². The lowest BCUT2D eigenvalue weighted by Crippen LogP contribution is -2.25. The number of fused-ring (bicyclic) bond motifs is 1. The summed E-state index contributed by atoms with van der Waals surface area (Å²) >= 11 is 8.78. The Bertz CT molecular complexity index is 1300. The number of amides is 1. The van der Waals surface area contributed by atoms with Crippen molar-refractivity contribution in [1.29, 1.82) is 0 Å². The number of rotatable bonds is 5. The maximum absolute atomic E-state index is 12.7. The van der Waals surface area contributed by atoms with Crippen molar-refractivity contribution < 1.29 is 4.79 Å². The van der Waals surface area contributed by atoms with Crippen LogP contribution in [0.1, 0.15) is 6.92 Å². The average Bonchev–Trinajstić information content (AvgIpc) is 3.20. The van der Waals surface area contributed by atoms with E-state index in [1.54, 1.807) is 38.2 Å². The predicted molar refractivity (Wildman–Crippen MR) is 123 cm³/mol. The maximum Gasteiger partial charge on any atom is 0.261 e. The Morgan fingerprint density at radius 1 is 1.17 bits per heavy atom. The number of carbonyl (C=O) groups is 1. The number of thioether (sulfide) groups is 1. The second-order valence-corrected chi connectivity index (χ2v) is 9.12. The molecule has 1 amide bonds. The van der Waals surface area contributed by atoms with Gasteiger partial charge in [-0.05, 0) is 25.1 Å². The third kappa shape index (κ3) is 4.12. The molecule has 0 fully saturated rings. The topological polar surface area (TPSA) is 76.9 Å². The highest BCUT2D eigenvalue weighted by Gasteiger charge is 2.20. The third-order valence-corrected chi connectivity index (χ3v) is 6.71. The van der Waals surface area contributed by atoms with Crippen LogP contribution in [0.5, 0.6) is 0 Å². The smallest absolute Gasteiger partial charge is 0.261 e. The SMILES string of the molecule is CC(Sc1nc2ccccc2c(=O)n1C)C(=O)Nc1nc(-c2ccccc2Cl)cs1. The number of carbonyl (C=O) groups excluding carboxylic acids is 1. The first-order valence-corrected chi connectivity index (χ1v) is 11.2. The number of thiazole rings is 1. The van der Waals surface area contributed by atoms with Crippen LogP contribution in [0.4, 0.5) is 5.13 Å². The fraction of sp³-hybridized carbons (Fsp3) is 0.143. The fourth-order valence-electron chi connectivity index (χ4n) is 2.85. The molecule has 0 saturated carbocycles. The average molecular weight is 457 g/mol. The first-order chi connectivity index (χ1) is 14.4. The molecule has 30 heavy (non-hydrogen) atoms. The fourth-order valence-corrected chi connectivity index (χ4v) is 4.67. The van der Waals surface area contributed by atoms with Crippen molar-refractivity contribution >= 4 is 56.6 Å². The molecule has 1 N–H and O–H groups in total. The van der Waals surface area contributed by atoms with Crippen molar-refractivity contribution in [3.8, 4) is 11.3 Å². The Hall–Kier alpha value is -2.68. The molecule has 2 aromatic heterocycles. The Kier molecular flexibility index (Phi) is 5.90. The molecule has 2 aromatic carbocycles. The Balaban J connectivity index is 1.50. The lowest BCUT2D eigenvalue weighted by atomic mass is 10.2. The Morgan fingerprint density at radius 2 is 1.90 bits per heavy atom. The lowest BCUT2D eigenvalue weighted by Gasteiger charge is -2.13. The van der Waals surface area contributed by atoms with E-state index in [0.717, 1.165) is 5.56 Å². The van der Waals surface area contributed by atoms with Crippen molar-refractivity contribution in [3.63, 3.8) is 0 Å². The van der Waals surface area contributed by atoms with Crippen molar-refractivity contribution in [3.05, 3.63) is 69.3 Å². The summed E-state index contributed by atoms with van der Waals surface area (Å²) in [6.07, 6.45) is 0. The van der Waals surface area contributed by atoms with Crippen LogP contribution < -0.4 is 10.9 Å². The van der Waals surface area contributed by atoms with E-state index in [1.165, 1.54) is 27.7 Å². The Morgan fingerprint density at radius 3 is 2.70 bits per heavy atom. The van der Waals surface area contributed by atoms with Gasteiger partial charge in [-0.2, -0.15) is 0 Å². The van der Waals surface area contributed by atoms with E-state index in [2.05, 4.69) is 15.3 Å². The normalized spacial score (nSPS) is 12.1. The first-order valence-electron chi connectivity index (χ1n) is 9.08. The van der Waals surface area contributed by atoms with Gasteiger partial charge in [0, 0.05) is 23.0 Å². The molecular formula is C21H17ClN4O2S2. The lowest BCUT2D eigenvalue weighted by molar-refractivity contribution is -0.115. The van der Waals surface area contributed by atoms with Crippen LogP contribution in [0, 0.1) is 0 Å². The molecule has 152 valence electrons. The molecule has 1 atom stereocenters. The van der Waals surface area contributed by atoms with Crippen LogP contribution >= 0.6 is 34.7 Å². The van der Waals surface area contributed by atoms with Crippen LogP contribution in [0.2, 0.25) is 5.02 Å². The van der Waals surface area contributed by atoms with E-state index >= 15 is 0 Å². The quantitative estimate of drug-likeness (QED) is 0.344. The van der Waals surface area contributed by atoms with Gasteiger partial charge in [0.1, 0.15) is 0 Å². The second kappa shape index (κ2) is 8.59. The van der Waals surface area contributed by atoms with E-state index in [0.29, 0.717) is 31.9 Å². The monoisotopic (exact) mass is 456 g/mol. The number of nitrogens with one attached hydrogen (secondary N) is 1. The molecule has 2 heterocycles. The van der Waals surface area contributed by atoms with Gasteiger partial charge in [0.05, 0.1) is 21.8 Å². The van der Waals surface area contributed by atoms with E-state index in [-0.39, 0.29) is 11.5 Å². The zero-order valence-corrected chi connectivity index (χ0v) is 18.5. The zero-order chi connectivity index (χ0) is 21.3. The molecule has 4 rings (SSSR count). The molecular weight excluding hydrogens is 440 g/mol. The molecule has 0 aliphatic heterocycles. The van der Waals surface area contributed by atoms with Crippen molar-refractivity contribution in [2.75, 3.05) is 5.32 Å². The molecule has 0 bridgehead atoms. The van der Waals surface area contributed by atoms with Crippen LogP contribution in [-0.2, 0) is 11.8 Å². The van der Waals surface area contributed by atoms with Crippen LogP contribution in [-0.4, -0.2) is 25.7 Å². The minimum Gasteiger partial charge on any atom is -0.301 e. The predicted octanol–water partition coefficient (Wildman–Crippen LogP) is 4.83. The van der Waals surface area contributed by atoms with Gasteiger partial charge < -0.3 is 5.32 Å². The minimum atomic E-state index is -0.475. The summed E-state index contributed by atoms with van der Waals surface area (Å²) in [5.41, 5.74) is 1.99. The van der Waals surface area contributed by atoms with E-state index < -0.39 is 5.25 Å². The maximum atomic E-state index is 12.7. The summed E-state index contributed by atoms with van der Waals surface area (Å²) in [6, 6.07) is 14.6. The van der Waals surface area contributed by atoms with E-state index in [4.69, 9.17) is 11.6 Å². The van der Waals surface area contributed by atoms with E-state index in [1.807, 2.05) is 29.6 Å². The van der Waals surface area contributed by atoms with Crippen LogP contribution in [0.25, 0.3) is 22.2 Å². The van der Waals surface area contributed by atoms with Crippen molar-refractivity contribution in [2.45, 2.75) is 17.3 Å². The van der Waals surface area contributed by atoms with Gasteiger partial charge in [0.2, 0.25) is 5.91 Å². The highest BCUT2D eigenvalue weighted by Crippen LogP contribution is 2.31. The molecule has 0 aliphatic rings. The molecule has 9 heteroatoms. The molecule has 0 aliphatic carbocycles. The van der Waals surface area contributed by atoms with Crippen LogP contribution in [0.15, 0.2) is 63.9 Å². The standard InChI is InChI=1S/C21H17ClN4O2S2/c1-12(30-21-24-16-10-6-4-8-14(16)19(28)26(21)2)18(27)25-20-23-17(11-29-20)13-7-3-5-9-15(13)22/h3-12H,1-2H3,(H,23,25,27). The number of anilines is 1. The van der Waals surface area contributed by atoms with Crippen molar-refractivity contribution in [1.82, 2.24) is 14.5 Å².